The number of amides is 1. The second kappa shape index (κ2) is 8.80. The van der Waals surface area contributed by atoms with Crippen LogP contribution in [0.2, 0.25) is 0 Å². The van der Waals surface area contributed by atoms with Crippen LogP contribution < -0.4 is 5.73 Å². The zero-order valence-corrected chi connectivity index (χ0v) is 11.5. The molecule has 1 amide bonds. The van der Waals surface area contributed by atoms with Gasteiger partial charge in [0.05, 0.1) is 0 Å². The third-order valence-electron chi connectivity index (χ3n) is 2.57. The second-order valence-corrected chi connectivity index (χ2v) is 4.49. The van der Waals surface area contributed by atoms with E-state index in [0.29, 0.717) is 11.5 Å². The minimum Gasteiger partial charge on any atom is -0.366 e. The van der Waals surface area contributed by atoms with Gasteiger partial charge in [0, 0.05) is 5.56 Å². The summed E-state index contributed by atoms with van der Waals surface area (Å²) in [5.41, 5.74) is 6.89. The Balaban J connectivity index is 0.000000437. The molecule has 0 aliphatic rings. The van der Waals surface area contributed by atoms with Gasteiger partial charge >= 0.3 is 0 Å². The summed E-state index contributed by atoms with van der Waals surface area (Å²) in [6.07, 6.45) is 4.08. The van der Waals surface area contributed by atoms with Gasteiger partial charge in [-0.15, -0.1) is 0 Å². The summed E-state index contributed by atoms with van der Waals surface area (Å²) in [5.74, 6) is 0.122. The van der Waals surface area contributed by atoms with Crippen LogP contribution in [0.5, 0.6) is 0 Å². The van der Waals surface area contributed by atoms with Crippen molar-refractivity contribution in [3.8, 4) is 0 Å². The summed E-state index contributed by atoms with van der Waals surface area (Å²) in [7, 11) is 0. The third kappa shape index (κ3) is 6.77. The number of hydrogen-bond donors (Lipinski definition) is 1. The predicted molar refractivity (Wildman–Crippen MR) is 74.2 cm³/mol. The highest BCUT2D eigenvalue weighted by Gasteiger charge is 2.01. The first-order valence-electron chi connectivity index (χ1n) is 6.42. The molecule has 2 heteroatoms. The Morgan fingerprint density at radius 2 is 1.59 bits per heavy atom. The Labute approximate surface area is 105 Å². The quantitative estimate of drug-likeness (QED) is 0.838. The van der Waals surface area contributed by atoms with E-state index in [1.807, 2.05) is 12.1 Å². The molecule has 0 fully saturated rings. The monoisotopic (exact) mass is 235 g/mol. The van der Waals surface area contributed by atoms with Crippen molar-refractivity contribution in [3.63, 3.8) is 0 Å². The Hall–Kier alpha value is -1.31. The SMILES string of the molecule is CC(C)c1ccc(C(N)=O)cc1.CCCCC. The molecule has 0 bridgehead atoms. The molecule has 0 aromatic heterocycles. The lowest BCUT2D eigenvalue weighted by molar-refractivity contribution is 0.100. The van der Waals surface area contributed by atoms with E-state index >= 15 is 0 Å². The highest BCUT2D eigenvalue weighted by Crippen LogP contribution is 2.14. The van der Waals surface area contributed by atoms with Gasteiger partial charge < -0.3 is 5.73 Å². The summed E-state index contributed by atoms with van der Waals surface area (Å²) < 4.78 is 0. The molecular formula is C15H25NO. The molecule has 0 aliphatic heterocycles. The van der Waals surface area contributed by atoms with Crippen molar-refractivity contribution in [1.82, 2.24) is 0 Å². The number of nitrogens with two attached hydrogens (primary N) is 1. The number of benzene rings is 1. The van der Waals surface area contributed by atoms with Gasteiger partial charge in [0.1, 0.15) is 0 Å². The Kier molecular flexibility index (Phi) is 8.12. The van der Waals surface area contributed by atoms with E-state index in [9.17, 15) is 4.79 Å². The van der Waals surface area contributed by atoms with Gasteiger partial charge in [0.25, 0.3) is 0 Å². The minimum absolute atomic E-state index is 0.370. The van der Waals surface area contributed by atoms with Crippen LogP contribution in [0.4, 0.5) is 0 Å². The minimum atomic E-state index is -0.370. The van der Waals surface area contributed by atoms with E-state index in [-0.39, 0.29) is 5.91 Å². The van der Waals surface area contributed by atoms with Gasteiger partial charge in [-0.1, -0.05) is 59.1 Å². The lowest BCUT2D eigenvalue weighted by atomic mass is 10.0. The van der Waals surface area contributed by atoms with Crippen LogP contribution in [0.25, 0.3) is 0 Å². The first-order chi connectivity index (χ1) is 8.02. The van der Waals surface area contributed by atoms with E-state index < -0.39 is 0 Å². The van der Waals surface area contributed by atoms with Crippen molar-refractivity contribution in [2.75, 3.05) is 0 Å². The fraction of sp³-hybridized carbons (Fsp3) is 0.533. The van der Waals surface area contributed by atoms with E-state index in [1.165, 1.54) is 24.8 Å². The van der Waals surface area contributed by atoms with Crippen LogP contribution in [0.15, 0.2) is 24.3 Å². The van der Waals surface area contributed by atoms with Crippen molar-refractivity contribution in [1.29, 1.82) is 0 Å². The first-order valence-corrected chi connectivity index (χ1v) is 6.42. The normalized spacial score (nSPS) is 9.71. The molecule has 1 rings (SSSR count). The zero-order chi connectivity index (χ0) is 13.3. The highest BCUT2D eigenvalue weighted by atomic mass is 16.1. The molecule has 0 spiro atoms. The fourth-order valence-corrected chi connectivity index (χ4v) is 1.39. The number of hydrogen-bond acceptors (Lipinski definition) is 1. The Morgan fingerprint density at radius 1 is 1.12 bits per heavy atom. The largest absolute Gasteiger partial charge is 0.366 e. The van der Waals surface area contributed by atoms with E-state index in [1.54, 1.807) is 12.1 Å². The summed E-state index contributed by atoms with van der Waals surface area (Å²) in [6.45, 7) is 8.64. The summed E-state index contributed by atoms with van der Waals surface area (Å²) in [4.78, 5) is 10.7. The molecular weight excluding hydrogens is 210 g/mol. The summed E-state index contributed by atoms with van der Waals surface area (Å²) in [6, 6.07) is 7.39. The average Bonchev–Trinajstić information content (AvgIpc) is 2.31. The van der Waals surface area contributed by atoms with Crippen molar-refractivity contribution in [3.05, 3.63) is 35.4 Å². The fourth-order valence-electron chi connectivity index (χ4n) is 1.39. The topological polar surface area (TPSA) is 43.1 Å². The molecule has 96 valence electrons. The van der Waals surface area contributed by atoms with E-state index in [4.69, 9.17) is 5.73 Å². The molecule has 1 aromatic carbocycles. The van der Waals surface area contributed by atoms with Gasteiger partial charge in [0.2, 0.25) is 5.91 Å². The van der Waals surface area contributed by atoms with E-state index in [2.05, 4.69) is 27.7 Å². The number of unbranched alkanes of at least 4 members (excludes halogenated alkanes) is 2. The molecule has 0 radical (unpaired) electrons. The van der Waals surface area contributed by atoms with E-state index in [0.717, 1.165) is 0 Å². The highest BCUT2D eigenvalue weighted by molar-refractivity contribution is 5.92. The van der Waals surface area contributed by atoms with Gasteiger partial charge in [-0.2, -0.15) is 0 Å². The third-order valence-corrected chi connectivity index (χ3v) is 2.57. The van der Waals surface area contributed by atoms with Gasteiger partial charge in [-0.25, -0.2) is 0 Å². The number of carbonyl (C=O) groups is 1. The molecule has 0 heterocycles. The molecule has 2 nitrogen and oxygen atoms in total. The summed E-state index contributed by atoms with van der Waals surface area (Å²) >= 11 is 0. The van der Waals surface area contributed by atoms with Crippen LogP contribution >= 0.6 is 0 Å². The number of carbonyl (C=O) groups excluding carboxylic acids is 1. The van der Waals surface area contributed by atoms with Crippen molar-refractivity contribution in [2.45, 2.75) is 52.9 Å². The lowest BCUT2D eigenvalue weighted by Gasteiger charge is -2.04. The molecule has 0 saturated heterocycles. The molecule has 2 N–H and O–H groups in total. The number of primary amides is 1. The maximum absolute atomic E-state index is 10.7. The maximum Gasteiger partial charge on any atom is 0.248 e. The van der Waals surface area contributed by atoms with Crippen LogP contribution in [-0.4, -0.2) is 5.91 Å². The molecule has 0 unspecified atom stereocenters. The molecule has 0 atom stereocenters. The Morgan fingerprint density at radius 3 is 1.82 bits per heavy atom. The van der Waals surface area contributed by atoms with Crippen LogP contribution in [0.1, 0.15) is 68.8 Å². The van der Waals surface area contributed by atoms with Crippen LogP contribution in [0, 0.1) is 0 Å². The van der Waals surface area contributed by atoms with Gasteiger partial charge in [-0.05, 0) is 23.6 Å². The van der Waals surface area contributed by atoms with Crippen molar-refractivity contribution in [2.24, 2.45) is 5.73 Å². The Bertz CT molecular complexity index is 312. The smallest absolute Gasteiger partial charge is 0.248 e. The summed E-state index contributed by atoms with van der Waals surface area (Å²) in [5, 5.41) is 0. The average molecular weight is 235 g/mol. The molecule has 17 heavy (non-hydrogen) atoms. The van der Waals surface area contributed by atoms with Gasteiger partial charge in [-0.3, -0.25) is 4.79 Å². The number of rotatable bonds is 4. The van der Waals surface area contributed by atoms with Gasteiger partial charge in [0.15, 0.2) is 0 Å². The zero-order valence-electron chi connectivity index (χ0n) is 11.5. The van der Waals surface area contributed by atoms with Crippen LogP contribution in [0.3, 0.4) is 0 Å². The predicted octanol–water partition coefficient (Wildman–Crippen LogP) is 4.11. The lowest BCUT2D eigenvalue weighted by Crippen LogP contribution is -2.10. The molecule has 0 saturated carbocycles. The molecule has 0 aliphatic carbocycles. The first kappa shape index (κ1) is 15.7. The molecule has 1 aromatic rings. The second-order valence-electron chi connectivity index (χ2n) is 4.49. The standard InChI is InChI=1S/C10H13NO.C5H12/c1-7(2)8-3-5-9(6-4-8)10(11)12;1-3-5-4-2/h3-7H,1-2H3,(H2,11,12);3-5H2,1-2H3. The van der Waals surface area contributed by atoms with Crippen molar-refractivity contribution >= 4 is 5.91 Å². The van der Waals surface area contributed by atoms with Crippen LogP contribution in [-0.2, 0) is 0 Å². The maximum atomic E-state index is 10.7. The van der Waals surface area contributed by atoms with Crippen molar-refractivity contribution < 1.29 is 4.79 Å².